The molecule has 0 saturated carbocycles. The highest BCUT2D eigenvalue weighted by atomic mass is 19.3. The Morgan fingerprint density at radius 2 is 2.06 bits per heavy atom. The van der Waals surface area contributed by atoms with Crippen LogP contribution in [0.1, 0.15) is 16.7 Å². The van der Waals surface area contributed by atoms with E-state index >= 15 is 0 Å². The van der Waals surface area contributed by atoms with Crippen LogP contribution < -0.4 is 4.74 Å². The van der Waals surface area contributed by atoms with Crippen molar-refractivity contribution in [3.05, 3.63) is 28.8 Å². The quantitative estimate of drug-likeness (QED) is 0.864. The Labute approximate surface area is 91.7 Å². The number of carbonyl (C=O) groups is 1. The Balaban J connectivity index is 3.15. The molecule has 0 aliphatic rings. The molecule has 0 saturated heterocycles. The van der Waals surface area contributed by atoms with Crippen molar-refractivity contribution in [3.63, 3.8) is 0 Å². The minimum Gasteiger partial charge on any atom is -0.481 e. The molecule has 0 radical (unpaired) electrons. The maximum atomic E-state index is 12.1. The summed E-state index contributed by atoms with van der Waals surface area (Å²) in [6, 6.07) is 2.99. The molecule has 88 valence electrons. The highest BCUT2D eigenvalue weighted by Crippen LogP contribution is 2.26. The molecule has 0 heterocycles. The lowest BCUT2D eigenvalue weighted by atomic mass is 10.00. The van der Waals surface area contributed by atoms with Crippen molar-refractivity contribution in [1.29, 1.82) is 0 Å². The van der Waals surface area contributed by atoms with Gasteiger partial charge in [-0.3, -0.25) is 4.79 Å². The number of ether oxygens (including phenoxy) is 1. The van der Waals surface area contributed by atoms with E-state index in [0.29, 0.717) is 11.1 Å². The number of carboxylic acids is 1. The normalized spacial score (nSPS) is 10.6. The molecule has 0 amide bonds. The first-order valence-electron chi connectivity index (χ1n) is 4.67. The van der Waals surface area contributed by atoms with Crippen LogP contribution in [0.15, 0.2) is 12.1 Å². The topological polar surface area (TPSA) is 46.5 Å². The molecule has 1 N–H and O–H groups in total. The summed E-state index contributed by atoms with van der Waals surface area (Å²) in [4.78, 5) is 10.6. The fraction of sp³-hybridized carbons (Fsp3) is 0.364. The van der Waals surface area contributed by atoms with Gasteiger partial charge in [-0.2, -0.15) is 8.78 Å². The summed E-state index contributed by atoms with van der Waals surface area (Å²) in [6.45, 7) is 0.522. The standard InChI is InChI=1S/C11H12F2O3/c1-6-3-4-9(16-11(12)13)8(7(6)2)5-10(14)15/h3-4,11H,5H2,1-2H3,(H,14,15). The van der Waals surface area contributed by atoms with Crippen molar-refractivity contribution < 1.29 is 23.4 Å². The van der Waals surface area contributed by atoms with Gasteiger partial charge in [0.05, 0.1) is 6.42 Å². The maximum Gasteiger partial charge on any atom is 0.387 e. The van der Waals surface area contributed by atoms with Crippen LogP contribution in [-0.2, 0) is 11.2 Å². The van der Waals surface area contributed by atoms with Crippen molar-refractivity contribution >= 4 is 5.97 Å². The highest BCUT2D eigenvalue weighted by Gasteiger charge is 2.15. The number of carboxylic acid groups (broad SMARTS) is 1. The number of hydrogen-bond acceptors (Lipinski definition) is 2. The molecule has 3 nitrogen and oxygen atoms in total. The number of rotatable bonds is 4. The number of aliphatic carboxylic acids is 1. The van der Waals surface area contributed by atoms with E-state index in [2.05, 4.69) is 4.74 Å². The Hall–Kier alpha value is -1.65. The van der Waals surface area contributed by atoms with Crippen LogP contribution in [0.5, 0.6) is 5.75 Å². The molecule has 1 aromatic carbocycles. The molecule has 0 fully saturated rings. The van der Waals surface area contributed by atoms with Crippen molar-refractivity contribution in [2.45, 2.75) is 26.9 Å². The van der Waals surface area contributed by atoms with Crippen LogP contribution in [-0.4, -0.2) is 17.7 Å². The van der Waals surface area contributed by atoms with Gasteiger partial charge in [0.15, 0.2) is 0 Å². The Morgan fingerprint density at radius 1 is 1.44 bits per heavy atom. The van der Waals surface area contributed by atoms with E-state index in [0.717, 1.165) is 5.56 Å². The SMILES string of the molecule is Cc1ccc(OC(F)F)c(CC(=O)O)c1C. The predicted molar refractivity (Wildman–Crippen MR) is 53.9 cm³/mol. The second-order valence-electron chi connectivity index (χ2n) is 3.43. The second-order valence-corrected chi connectivity index (χ2v) is 3.43. The summed E-state index contributed by atoms with van der Waals surface area (Å²) >= 11 is 0. The lowest BCUT2D eigenvalue weighted by molar-refractivity contribution is -0.136. The van der Waals surface area contributed by atoms with Crippen LogP contribution in [0.2, 0.25) is 0 Å². The molecule has 0 spiro atoms. The summed E-state index contributed by atoms with van der Waals surface area (Å²) in [5, 5.41) is 8.70. The third-order valence-electron chi connectivity index (χ3n) is 2.37. The first-order valence-corrected chi connectivity index (χ1v) is 4.67. The van der Waals surface area contributed by atoms with E-state index in [4.69, 9.17) is 5.11 Å². The molecular weight excluding hydrogens is 218 g/mol. The highest BCUT2D eigenvalue weighted by molar-refractivity contribution is 5.72. The number of benzene rings is 1. The maximum absolute atomic E-state index is 12.1. The van der Waals surface area contributed by atoms with Gasteiger partial charge in [-0.15, -0.1) is 0 Å². The zero-order valence-electron chi connectivity index (χ0n) is 8.96. The third-order valence-corrected chi connectivity index (χ3v) is 2.37. The summed E-state index contributed by atoms with van der Waals surface area (Å²) in [5.74, 6) is -1.15. The van der Waals surface area contributed by atoms with Gasteiger partial charge in [0.2, 0.25) is 0 Å². The third kappa shape index (κ3) is 2.92. The van der Waals surface area contributed by atoms with Crippen LogP contribution in [0.4, 0.5) is 8.78 Å². The van der Waals surface area contributed by atoms with Crippen molar-refractivity contribution in [2.75, 3.05) is 0 Å². The van der Waals surface area contributed by atoms with Gasteiger partial charge in [-0.25, -0.2) is 0 Å². The van der Waals surface area contributed by atoms with Gasteiger partial charge >= 0.3 is 12.6 Å². The molecule has 0 unspecified atom stereocenters. The molecule has 0 aliphatic heterocycles. The monoisotopic (exact) mass is 230 g/mol. The van der Waals surface area contributed by atoms with Gasteiger partial charge in [0, 0.05) is 5.56 Å². The minimum atomic E-state index is -2.95. The average molecular weight is 230 g/mol. The van der Waals surface area contributed by atoms with E-state index < -0.39 is 12.6 Å². The summed E-state index contributed by atoms with van der Waals surface area (Å²) in [6.07, 6.45) is -0.324. The molecule has 1 rings (SSSR count). The fourth-order valence-corrected chi connectivity index (χ4v) is 1.43. The lowest BCUT2D eigenvalue weighted by Gasteiger charge is -2.13. The van der Waals surface area contributed by atoms with E-state index in [1.165, 1.54) is 6.07 Å². The van der Waals surface area contributed by atoms with E-state index in [-0.39, 0.29) is 12.2 Å². The molecule has 0 bridgehead atoms. The van der Waals surface area contributed by atoms with E-state index in [1.54, 1.807) is 19.9 Å². The van der Waals surface area contributed by atoms with Crippen LogP contribution >= 0.6 is 0 Å². The Kier molecular flexibility index (Phi) is 3.82. The molecule has 1 aromatic rings. The largest absolute Gasteiger partial charge is 0.481 e. The molecular formula is C11H12F2O3. The summed E-state index contributed by atoms with van der Waals surface area (Å²) in [7, 11) is 0. The molecule has 16 heavy (non-hydrogen) atoms. The Morgan fingerprint density at radius 3 is 2.56 bits per heavy atom. The number of halogens is 2. The molecule has 5 heteroatoms. The van der Waals surface area contributed by atoms with E-state index in [1.807, 2.05) is 0 Å². The van der Waals surface area contributed by atoms with Gasteiger partial charge in [-0.1, -0.05) is 6.07 Å². The van der Waals surface area contributed by atoms with Gasteiger partial charge in [0.25, 0.3) is 0 Å². The van der Waals surface area contributed by atoms with Crippen LogP contribution in [0.3, 0.4) is 0 Å². The molecule has 0 aliphatic carbocycles. The van der Waals surface area contributed by atoms with Gasteiger partial charge in [0.1, 0.15) is 5.75 Å². The van der Waals surface area contributed by atoms with Crippen molar-refractivity contribution in [3.8, 4) is 5.75 Å². The second kappa shape index (κ2) is 4.92. The zero-order valence-corrected chi connectivity index (χ0v) is 8.96. The average Bonchev–Trinajstić information content (AvgIpc) is 2.16. The Bertz CT molecular complexity index is 402. The smallest absolute Gasteiger partial charge is 0.387 e. The zero-order chi connectivity index (χ0) is 12.3. The first kappa shape index (κ1) is 12.4. The number of hydrogen-bond donors (Lipinski definition) is 1. The molecule has 0 atom stereocenters. The van der Waals surface area contributed by atoms with Crippen molar-refractivity contribution in [1.82, 2.24) is 0 Å². The van der Waals surface area contributed by atoms with Crippen LogP contribution in [0.25, 0.3) is 0 Å². The first-order chi connectivity index (χ1) is 7.41. The minimum absolute atomic E-state index is 0.0690. The number of alkyl halides is 2. The van der Waals surface area contributed by atoms with Gasteiger partial charge in [-0.05, 0) is 31.0 Å². The van der Waals surface area contributed by atoms with Crippen molar-refractivity contribution in [2.24, 2.45) is 0 Å². The molecule has 0 aromatic heterocycles. The number of aryl methyl sites for hydroxylation is 1. The fourth-order valence-electron chi connectivity index (χ4n) is 1.43. The summed E-state index contributed by atoms with van der Waals surface area (Å²) in [5.41, 5.74) is 1.81. The summed E-state index contributed by atoms with van der Waals surface area (Å²) < 4.78 is 28.5. The van der Waals surface area contributed by atoms with Gasteiger partial charge < -0.3 is 9.84 Å². The van der Waals surface area contributed by atoms with E-state index in [9.17, 15) is 13.6 Å². The lowest BCUT2D eigenvalue weighted by Crippen LogP contribution is -2.09. The predicted octanol–water partition coefficient (Wildman–Crippen LogP) is 2.53. The van der Waals surface area contributed by atoms with Crippen LogP contribution in [0, 0.1) is 13.8 Å².